The summed E-state index contributed by atoms with van der Waals surface area (Å²) >= 11 is 0. The summed E-state index contributed by atoms with van der Waals surface area (Å²) in [5.74, 6) is 0.0160. The second kappa shape index (κ2) is 12.9. The third-order valence-electron chi connectivity index (χ3n) is 6.34. The Kier molecular flexibility index (Phi) is 9.17. The molecule has 0 saturated heterocycles. The van der Waals surface area contributed by atoms with Gasteiger partial charge >= 0.3 is 0 Å². The molecule has 4 rings (SSSR count). The standard InChI is InChI=1S/C32H34N2O3/c1-3-8-31(35)29-22-34-30-16-15-26(21-28(30)27(29)20-23-9-6-5-7-10-23)24-11-13-25(14-12-24)32(36)33-17-19-37-18-4-2/h5-7,9-16,21-22H,3-4,8,17-20H2,1-2H3,(H,33,36). The average Bonchev–Trinajstić information content (AvgIpc) is 2.93. The number of fused-ring (bicyclic) bond motifs is 1. The van der Waals surface area contributed by atoms with Crippen molar-refractivity contribution >= 4 is 22.6 Å². The lowest BCUT2D eigenvalue weighted by Gasteiger charge is -2.14. The van der Waals surface area contributed by atoms with E-state index in [2.05, 4.69) is 35.4 Å². The Morgan fingerprint density at radius 1 is 0.865 bits per heavy atom. The van der Waals surface area contributed by atoms with E-state index in [4.69, 9.17) is 4.74 Å². The van der Waals surface area contributed by atoms with Crippen molar-refractivity contribution in [3.05, 3.63) is 101 Å². The lowest BCUT2D eigenvalue weighted by atomic mass is 9.92. The van der Waals surface area contributed by atoms with Crippen LogP contribution < -0.4 is 5.32 Å². The second-order valence-corrected chi connectivity index (χ2v) is 9.16. The normalized spacial score (nSPS) is 11.0. The topological polar surface area (TPSA) is 68.3 Å². The van der Waals surface area contributed by atoms with E-state index in [9.17, 15) is 9.59 Å². The number of hydrogen-bond donors (Lipinski definition) is 1. The molecule has 5 heteroatoms. The average molecular weight is 495 g/mol. The minimum atomic E-state index is -0.112. The Morgan fingerprint density at radius 3 is 2.35 bits per heavy atom. The van der Waals surface area contributed by atoms with Crippen molar-refractivity contribution in [2.45, 2.75) is 39.5 Å². The molecule has 3 aromatic carbocycles. The van der Waals surface area contributed by atoms with E-state index in [-0.39, 0.29) is 11.7 Å². The van der Waals surface area contributed by atoms with E-state index in [0.29, 0.717) is 43.7 Å². The number of hydrogen-bond acceptors (Lipinski definition) is 4. The van der Waals surface area contributed by atoms with Gasteiger partial charge in [0, 0.05) is 42.3 Å². The first-order chi connectivity index (χ1) is 18.1. The summed E-state index contributed by atoms with van der Waals surface area (Å²) in [7, 11) is 0. The first-order valence-electron chi connectivity index (χ1n) is 13.1. The van der Waals surface area contributed by atoms with Crippen LogP contribution in [-0.2, 0) is 11.2 Å². The number of nitrogens with one attached hydrogen (secondary N) is 1. The third kappa shape index (κ3) is 6.69. The molecule has 1 amide bonds. The van der Waals surface area contributed by atoms with Crippen LogP contribution in [0.4, 0.5) is 0 Å². The number of rotatable bonds is 12. The van der Waals surface area contributed by atoms with Gasteiger partial charge in [-0.25, -0.2) is 0 Å². The van der Waals surface area contributed by atoms with Gasteiger partial charge in [-0.05, 0) is 65.8 Å². The van der Waals surface area contributed by atoms with Gasteiger partial charge in [-0.1, -0.05) is 62.4 Å². The van der Waals surface area contributed by atoms with Crippen molar-refractivity contribution in [2.75, 3.05) is 19.8 Å². The second-order valence-electron chi connectivity index (χ2n) is 9.16. The maximum absolute atomic E-state index is 13.0. The van der Waals surface area contributed by atoms with Crippen LogP contribution >= 0.6 is 0 Å². The van der Waals surface area contributed by atoms with Crippen LogP contribution in [-0.4, -0.2) is 36.4 Å². The number of nitrogens with zero attached hydrogens (tertiary/aromatic N) is 1. The fraction of sp³-hybridized carbons (Fsp3) is 0.281. The Hall–Kier alpha value is -3.83. The maximum Gasteiger partial charge on any atom is 0.251 e. The first-order valence-corrected chi connectivity index (χ1v) is 13.1. The van der Waals surface area contributed by atoms with Crippen molar-refractivity contribution < 1.29 is 14.3 Å². The number of benzene rings is 3. The molecule has 0 aliphatic rings. The van der Waals surface area contributed by atoms with Gasteiger partial charge in [0.15, 0.2) is 5.78 Å². The molecule has 0 atom stereocenters. The Balaban J connectivity index is 1.63. The van der Waals surface area contributed by atoms with Crippen LogP contribution in [0.1, 0.15) is 65.0 Å². The van der Waals surface area contributed by atoms with Gasteiger partial charge in [-0.3, -0.25) is 14.6 Å². The summed E-state index contributed by atoms with van der Waals surface area (Å²) in [6, 6.07) is 24.0. The van der Waals surface area contributed by atoms with Crippen LogP contribution in [0, 0.1) is 0 Å². The SMILES string of the molecule is CCCOCCNC(=O)c1ccc(-c2ccc3ncc(C(=O)CCC)c(Cc4ccccc4)c3c2)cc1. The fourth-order valence-corrected chi connectivity index (χ4v) is 4.42. The summed E-state index contributed by atoms with van der Waals surface area (Å²) in [6.07, 6.45) is 4.66. The highest BCUT2D eigenvalue weighted by Gasteiger charge is 2.16. The van der Waals surface area contributed by atoms with E-state index in [1.807, 2.05) is 61.5 Å². The zero-order valence-corrected chi connectivity index (χ0v) is 21.6. The van der Waals surface area contributed by atoms with Gasteiger partial charge < -0.3 is 10.1 Å². The van der Waals surface area contributed by atoms with E-state index in [1.165, 1.54) is 0 Å². The number of carbonyl (C=O) groups excluding carboxylic acids is 2. The fourth-order valence-electron chi connectivity index (χ4n) is 4.42. The van der Waals surface area contributed by atoms with Gasteiger partial charge in [0.25, 0.3) is 5.91 Å². The molecule has 37 heavy (non-hydrogen) atoms. The molecule has 0 aliphatic carbocycles. The number of aromatic nitrogens is 1. The number of pyridine rings is 1. The summed E-state index contributed by atoms with van der Waals surface area (Å²) in [5.41, 5.74) is 6.36. The molecule has 0 fully saturated rings. The smallest absolute Gasteiger partial charge is 0.251 e. The largest absolute Gasteiger partial charge is 0.380 e. The summed E-state index contributed by atoms with van der Waals surface area (Å²) in [4.78, 5) is 30.1. The predicted molar refractivity (Wildman–Crippen MR) is 149 cm³/mol. The molecule has 0 radical (unpaired) electrons. The van der Waals surface area contributed by atoms with Gasteiger partial charge in [-0.2, -0.15) is 0 Å². The van der Waals surface area contributed by atoms with E-state index in [1.54, 1.807) is 6.20 Å². The molecule has 190 valence electrons. The van der Waals surface area contributed by atoms with Crippen molar-refractivity contribution in [3.8, 4) is 11.1 Å². The van der Waals surface area contributed by atoms with E-state index < -0.39 is 0 Å². The van der Waals surface area contributed by atoms with Crippen LogP contribution in [0.2, 0.25) is 0 Å². The Morgan fingerprint density at radius 2 is 1.62 bits per heavy atom. The number of Topliss-reactive ketones (excluding diaryl/α,β-unsaturated/α-hetero) is 1. The summed E-state index contributed by atoms with van der Waals surface area (Å²) < 4.78 is 5.42. The number of ketones is 1. The summed E-state index contributed by atoms with van der Waals surface area (Å²) in [5, 5.41) is 3.88. The first kappa shape index (κ1) is 26.2. The molecule has 0 bridgehead atoms. The van der Waals surface area contributed by atoms with Gasteiger partial charge in [0.2, 0.25) is 0 Å². The van der Waals surface area contributed by atoms with Crippen molar-refractivity contribution in [1.82, 2.24) is 10.3 Å². The molecule has 1 heterocycles. The quantitative estimate of drug-likeness (QED) is 0.177. The van der Waals surface area contributed by atoms with Crippen LogP contribution in [0.25, 0.3) is 22.0 Å². The van der Waals surface area contributed by atoms with Crippen LogP contribution in [0.3, 0.4) is 0 Å². The lowest BCUT2D eigenvalue weighted by Crippen LogP contribution is -2.27. The lowest BCUT2D eigenvalue weighted by molar-refractivity contribution is 0.0914. The molecular weight excluding hydrogens is 460 g/mol. The Bertz CT molecular complexity index is 1350. The monoisotopic (exact) mass is 494 g/mol. The predicted octanol–water partition coefficient (Wildman–Crippen LogP) is 6.63. The number of amides is 1. The summed E-state index contributed by atoms with van der Waals surface area (Å²) in [6.45, 7) is 5.78. The van der Waals surface area contributed by atoms with E-state index in [0.717, 1.165) is 46.0 Å². The molecule has 0 aliphatic heterocycles. The van der Waals surface area contributed by atoms with Crippen molar-refractivity contribution in [2.24, 2.45) is 0 Å². The molecular formula is C32H34N2O3. The molecule has 1 N–H and O–H groups in total. The highest BCUT2D eigenvalue weighted by molar-refractivity contribution is 6.02. The minimum absolute atomic E-state index is 0.112. The molecule has 0 unspecified atom stereocenters. The van der Waals surface area contributed by atoms with Crippen molar-refractivity contribution in [1.29, 1.82) is 0 Å². The molecule has 5 nitrogen and oxygen atoms in total. The number of carbonyl (C=O) groups is 2. The zero-order chi connectivity index (χ0) is 26.0. The Labute approximate surface area is 218 Å². The van der Waals surface area contributed by atoms with Gasteiger partial charge in [0.05, 0.1) is 12.1 Å². The van der Waals surface area contributed by atoms with Gasteiger partial charge in [-0.15, -0.1) is 0 Å². The molecule has 0 saturated carbocycles. The molecule has 1 aromatic heterocycles. The molecule has 4 aromatic rings. The molecule has 0 spiro atoms. The highest BCUT2D eigenvalue weighted by Crippen LogP contribution is 2.30. The van der Waals surface area contributed by atoms with E-state index >= 15 is 0 Å². The van der Waals surface area contributed by atoms with Crippen molar-refractivity contribution in [3.63, 3.8) is 0 Å². The van der Waals surface area contributed by atoms with Crippen LogP contribution in [0.5, 0.6) is 0 Å². The minimum Gasteiger partial charge on any atom is -0.380 e. The van der Waals surface area contributed by atoms with Crippen LogP contribution in [0.15, 0.2) is 79.0 Å². The zero-order valence-electron chi connectivity index (χ0n) is 21.6. The highest BCUT2D eigenvalue weighted by atomic mass is 16.5. The van der Waals surface area contributed by atoms with Gasteiger partial charge in [0.1, 0.15) is 0 Å². The third-order valence-corrected chi connectivity index (χ3v) is 6.34. The maximum atomic E-state index is 13.0. The number of ether oxygens (including phenoxy) is 1.